The first-order valence-corrected chi connectivity index (χ1v) is 3.68. The summed E-state index contributed by atoms with van der Waals surface area (Å²) in [4.78, 5) is 14.4. The molecule has 0 radical (unpaired) electrons. The largest absolute Gasteiger partial charge is 0.480 e. The predicted molar refractivity (Wildman–Crippen MR) is 43.6 cm³/mol. The summed E-state index contributed by atoms with van der Waals surface area (Å²) in [6, 6.07) is -0.604. The zero-order valence-electron chi connectivity index (χ0n) is 6.77. The van der Waals surface area contributed by atoms with E-state index >= 15 is 0 Å². The van der Waals surface area contributed by atoms with Crippen molar-refractivity contribution in [2.24, 2.45) is 0 Å². The highest BCUT2D eigenvalue weighted by Crippen LogP contribution is 2.14. The molecule has 0 aromatic carbocycles. The molecule has 1 aromatic heterocycles. The second-order valence-electron chi connectivity index (χ2n) is 2.45. The first-order valence-electron chi connectivity index (χ1n) is 3.68. The zero-order valence-corrected chi connectivity index (χ0v) is 6.77. The summed E-state index contributed by atoms with van der Waals surface area (Å²) in [5.74, 6) is -0.647. The van der Waals surface area contributed by atoms with Crippen LogP contribution in [-0.2, 0) is 4.79 Å². The minimum absolute atomic E-state index is 0.240. The van der Waals surface area contributed by atoms with Crippen molar-refractivity contribution in [3.63, 3.8) is 0 Å². The molecule has 1 heterocycles. The van der Waals surface area contributed by atoms with Crippen LogP contribution in [0.25, 0.3) is 0 Å². The second kappa shape index (κ2) is 3.25. The zero-order chi connectivity index (χ0) is 9.14. The minimum Gasteiger partial charge on any atom is -0.480 e. The molecule has 0 bridgehead atoms. The molecule has 0 spiro atoms. The predicted octanol–water partition coefficient (Wildman–Crippen LogP) is 0.501. The molecule has 0 aliphatic rings. The molecule has 1 rings (SSSR count). The van der Waals surface area contributed by atoms with Gasteiger partial charge in [-0.2, -0.15) is 0 Å². The van der Waals surface area contributed by atoms with Gasteiger partial charge in [0.2, 0.25) is 5.95 Å². The number of anilines is 1. The van der Waals surface area contributed by atoms with Crippen molar-refractivity contribution < 1.29 is 9.90 Å². The van der Waals surface area contributed by atoms with Crippen LogP contribution in [0.1, 0.15) is 19.4 Å². The maximum atomic E-state index is 10.7. The molecule has 66 valence electrons. The number of hydrogen-bond donors (Lipinski definition) is 2. The molecular formula is C7H11N3O2. The number of aliphatic carboxylic acids is 1. The number of nitrogens with zero attached hydrogens (tertiary/aromatic N) is 2. The van der Waals surface area contributed by atoms with E-state index in [2.05, 4.69) is 4.98 Å². The second-order valence-corrected chi connectivity index (χ2v) is 2.45. The Labute approximate surface area is 69.8 Å². The lowest BCUT2D eigenvalue weighted by Crippen LogP contribution is -2.19. The summed E-state index contributed by atoms with van der Waals surface area (Å²) in [7, 11) is 0. The van der Waals surface area contributed by atoms with Crippen molar-refractivity contribution in [1.82, 2.24) is 9.55 Å². The van der Waals surface area contributed by atoms with Crippen molar-refractivity contribution in [3.8, 4) is 0 Å². The van der Waals surface area contributed by atoms with Crippen LogP contribution in [0.3, 0.4) is 0 Å². The fourth-order valence-corrected chi connectivity index (χ4v) is 1.08. The normalized spacial score (nSPS) is 12.8. The fourth-order valence-electron chi connectivity index (χ4n) is 1.08. The van der Waals surface area contributed by atoms with Gasteiger partial charge in [-0.1, -0.05) is 6.92 Å². The third-order valence-electron chi connectivity index (χ3n) is 1.71. The highest BCUT2D eigenvalue weighted by atomic mass is 16.4. The lowest BCUT2D eigenvalue weighted by molar-refractivity contribution is -0.140. The van der Waals surface area contributed by atoms with Gasteiger partial charge in [0.15, 0.2) is 0 Å². The van der Waals surface area contributed by atoms with Crippen LogP contribution in [-0.4, -0.2) is 20.6 Å². The number of imidazole rings is 1. The van der Waals surface area contributed by atoms with Gasteiger partial charge in [0, 0.05) is 12.4 Å². The lowest BCUT2D eigenvalue weighted by Gasteiger charge is -2.11. The van der Waals surface area contributed by atoms with Crippen molar-refractivity contribution >= 4 is 11.9 Å². The van der Waals surface area contributed by atoms with Crippen LogP contribution in [0.4, 0.5) is 5.95 Å². The van der Waals surface area contributed by atoms with Crippen LogP contribution in [0.2, 0.25) is 0 Å². The molecule has 5 heteroatoms. The fraction of sp³-hybridized carbons (Fsp3) is 0.429. The summed E-state index contributed by atoms with van der Waals surface area (Å²) in [5.41, 5.74) is 5.44. The molecular weight excluding hydrogens is 158 g/mol. The molecule has 0 saturated carbocycles. The molecule has 0 aliphatic carbocycles. The van der Waals surface area contributed by atoms with Crippen molar-refractivity contribution in [1.29, 1.82) is 0 Å². The Kier molecular flexibility index (Phi) is 2.32. The van der Waals surface area contributed by atoms with E-state index in [1.54, 1.807) is 13.1 Å². The molecule has 1 aromatic rings. The van der Waals surface area contributed by atoms with Crippen LogP contribution >= 0.6 is 0 Å². The first kappa shape index (κ1) is 8.58. The van der Waals surface area contributed by atoms with Gasteiger partial charge in [-0.3, -0.25) is 0 Å². The number of rotatable bonds is 3. The Hall–Kier alpha value is -1.52. The molecule has 0 saturated heterocycles. The standard InChI is InChI=1S/C7H11N3O2/c1-2-5(6(11)12)10-4-3-9-7(10)8/h3-5H,2H2,1H3,(H2,8,9)(H,11,12). The lowest BCUT2D eigenvalue weighted by atomic mass is 10.2. The molecule has 0 fully saturated rings. The number of carbonyl (C=O) groups is 1. The van der Waals surface area contributed by atoms with Crippen molar-refractivity contribution in [2.75, 3.05) is 5.73 Å². The molecule has 5 nitrogen and oxygen atoms in total. The Bertz CT molecular complexity index is 282. The summed E-state index contributed by atoms with van der Waals surface area (Å²) < 4.78 is 1.45. The number of nitrogen functional groups attached to an aromatic ring is 1. The smallest absolute Gasteiger partial charge is 0.326 e. The molecule has 3 N–H and O–H groups in total. The van der Waals surface area contributed by atoms with Gasteiger partial charge in [-0.05, 0) is 6.42 Å². The average Bonchev–Trinajstić information content (AvgIpc) is 2.38. The first-order chi connectivity index (χ1) is 5.66. The topological polar surface area (TPSA) is 81.1 Å². The van der Waals surface area contributed by atoms with Crippen LogP contribution in [0, 0.1) is 0 Å². The van der Waals surface area contributed by atoms with E-state index in [1.165, 1.54) is 10.8 Å². The van der Waals surface area contributed by atoms with E-state index in [0.717, 1.165) is 0 Å². The van der Waals surface area contributed by atoms with Gasteiger partial charge in [-0.25, -0.2) is 9.78 Å². The van der Waals surface area contributed by atoms with E-state index in [0.29, 0.717) is 6.42 Å². The van der Waals surface area contributed by atoms with E-state index in [9.17, 15) is 4.79 Å². The van der Waals surface area contributed by atoms with Gasteiger partial charge >= 0.3 is 5.97 Å². The maximum absolute atomic E-state index is 10.7. The summed E-state index contributed by atoms with van der Waals surface area (Å²) in [6.07, 6.45) is 3.55. The Morgan fingerprint density at radius 2 is 2.58 bits per heavy atom. The number of carboxylic acids is 1. The number of aromatic nitrogens is 2. The SMILES string of the molecule is CCC(C(=O)O)n1ccnc1N. The molecule has 1 atom stereocenters. The Morgan fingerprint density at radius 1 is 1.92 bits per heavy atom. The maximum Gasteiger partial charge on any atom is 0.326 e. The Balaban J connectivity index is 2.94. The average molecular weight is 169 g/mol. The quantitative estimate of drug-likeness (QED) is 0.690. The van der Waals surface area contributed by atoms with Crippen molar-refractivity contribution in [3.05, 3.63) is 12.4 Å². The summed E-state index contributed by atoms with van der Waals surface area (Å²) in [5, 5.41) is 8.77. The van der Waals surface area contributed by atoms with E-state index in [-0.39, 0.29) is 5.95 Å². The monoisotopic (exact) mass is 169 g/mol. The van der Waals surface area contributed by atoms with Gasteiger partial charge in [-0.15, -0.1) is 0 Å². The highest BCUT2D eigenvalue weighted by molar-refractivity contribution is 5.72. The number of hydrogen-bond acceptors (Lipinski definition) is 3. The third-order valence-corrected chi connectivity index (χ3v) is 1.71. The van der Waals surface area contributed by atoms with Gasteiger partial charge in [0.1, 0.15) is 6.04 Å². The van der Waals surface area contributed by atoms with E-state index in [4.69, 9.17) is 10.8 Å². The Morgan fingerprint density at radius 3 is 2.92 bits per heavy atom. The molecule has 0 aliphatic heterocycles. The van der Waals surface area contributed by atoms with E-state index < -0.39 is 12.0 Å². The third kappa shape index (κ3) is 1.39. The molecule has 0 amide bonds. The number of nitrogens with two attached hydrogens (primary N) is 1. The van der Waals surface area contributed by atoms with Crippen LogP contribution in [0.5, 0.6) is 0 Å². The molecule has 12 heavy (non-hydrogen) atoms. The van der Waals surface area contributed by atoms with Gasteiger partial charge < -0.3 is 15.4 Å². The van der Waals surface area contributed by atoms with Gasteiger partial charge in [0.25, 0.3) is 0 Å². The van der Waals surface area contributed by atoms with Crippen LogP contribution in [0.15, 0.2) is 12.4 Å². The van der Waals surface area contributed by atoms with Gasteiger partial charge in [0.05, 0.1) is 0 Å². The minimum atomic E-state index is -0.887. The molecule has 1 unspecified atom stereocenters. The number of carboxylic acid groups (broad SMARTS) is 1. The van der Waals surface area contributed by atoms with Crippen molar-refractivity contribution in [2.45, 2.75) is 19.4 Å². The van der Waals surface area contributed by atoms with E-state index in [1.807, 2.05) is 0 Å². The summed E-state index contributed by atoms with van der Waals surface area (Å²) in [6.45, 7) is 1.79. The van der Waals surface area contributed by atoms with Crippen LogP contribution < -0.4 is 5.73 Å². The summed E-state index contributed by atoms with van der Waals surface area (Å²) >= 11 is 0. The highest BCUT2D eigenvalue weighted by Gasteiger charge is 2.18.